The van der Waals surface area contributed by atoms with E-state index in [9.17, 15) is 13.9 Å². The van der Waals surface area contributed by atoms with Crippen molar-refractivity contribution in [2.45, 2.75) is 29.8 Å². The van der Waals surface area contributed by atoms with E-state index in [-0.39, 0.29) is 10.5 Å². The molecule has 0 heterocycles. The molecule has 1 fully saturated rings. The van der Waals surface area contributed by atoms with Crippen molar-refractivity contribution in [3.05, 3.63) is 29.3 Å². The number of rotatable bonds is 2. The maximum atomic E-state index is 13.6. The van der Waals surface area contributed by atoms with E-state index in [2.05, 4.69) is 0 Å². The highest BCUT2D eigenvalue weighted by molar-refractivity contribution is 7.98. The summed E-state index contributed by atoms with van der Waals surface area (Å²) in [6.07, 6.45) is 3.58. The molecule has 15 heavy (non-hydrogen) atoms. The summed E-state index contributed by atoms with van der Waals surface area (Å²) in [7, 11) is 0. The van der Waals surface area contributed by atoms with Crippen molar-refractivity contribution in [3.8, 4) is 0 Å². The fourth-order valence-corrected chi connectivity index (χ4v) is 2.30. The molecular formula is C11H12F2OS. The first-order valence-corrected chi connectivity index (χ1v) is 6.06. The van der Waals surface area contributed by atoms with Crippen LogP contribution in [0.3, 0.4) is 0 Å². The van der Waals surface area contributed by atoms with Crippen molar-refractivity contribution in [1.82, 2.24) is 0 Å². The van der Waals surface area contributed by atoms with E-state index in [4.69, 9.17) is 0 Å². The lowest BCUT2D eigenvalue weighted by Gasteiger charge is -2.37. The lowest BCUT2D eigenvalue weighted by Crippen LogP contribution is -2.34. The van der Waals surface area contributed by atoms with E-state index in [0.717, 1.165) is 18.2 Å². The van der Waals surface area contributed by atoms with Crippen molar-refractivity contribution < 1.29 is 13.9 Å². The Morgan fingerprint density at radius 2 is 1.93 bits per heavy atom. The van der Waals surface area contributed by atoms with Crippen molar-refractivity contribution in [1.29, 1.82) is 0 Å². The maximum Gasteiger partial charge on any atom is 0.172 e. The van der Waals surface area contributed by atoms with Crippen LogP contribution in [-0.2, 0) is 5.60 Å². The third-order valence-electron chi connectivity index (χ3n) is 2.95. The minimum Gasteiger partial charge on any atom is -0.385 e. The molecule has 0 spiro atoms. The minimum atomic E-state index is -1.14. The van der Waals surface area contributed by atoms with Crippen LogP contribution in [0.1, 0.15) is 24.8 Å². The molecule has 1 nitrogen and oxygen atoms in total. The van der Waals surface area contributed by atoms with Crippen molar-refractivity contribution in [2.75, 3.05) is 6.26 Å². The Balaban J connectivity index is 2.46. The molecule has 0 atom stereocenters. The topological polar surface area (TPSA) is 20.2 Å². The molecule has 0 aromatic heterocycles. The van der Waals surface area contributed by atoms with Crippen LogP contribution in [0.5, 0.6) is 0 Å². The van der Waals surface area contributed by atoms with Gasteiger partial charge in [-0.3, -0.25) is 0 Å². The van der Waals surface area contributed by atoms with Crippen LogP contribution >= 0.6 is 11.8 Å². The zero-order chi connectivity index (χ0) is 11.1. The molecule has 1 aliphatic carbocycles. The number of hydrogen-bond donors (Lipinski definition) is 1. The van der Waals surface area contributed by atoms with Crippen LogP contribution in [0.15, 0.2) is 17.0 Å². The summed E-state index contributed by atoms with van der Waals surface area (Å²) in [5, 5.41) is 9.94. The SMILES string of the molecule is CSc1ccc(C2(O)CCC2)c(F)c1F. The average molecular weight is 230 g/mol. The van der Waals surface area contributed by atoms with Gasteiger partial charge in [0.05, 0.1) is 5.60 Å². The minimum absolute atomic E-state index is 0.101. The number of thioether (sulfide) groups is 1. The summed E-state index contributed by atoms with van der Waals surface area (Å²) in [4.78, 5) is 0.277. The summed E-state index contributed by atoms with van der Waals surface area (Å²) in [5.74, 6) is -1.75. The normalized spacial score (nSPS) is 18.7. The largest absolute Gasteiger partial charge is 0.385 e. The van der Waals surface area contributed by atoms with Crippen LogP contribution in [0.25, 0.3) is 0 Å². The summed E-state index contributed by atoms with van der Waals surface area (Å²) < 4.78 is 27.1. The Morgan fingerprint density at radius 3 is 2.40 bits per heavy atom. The molecule has 0 saturated heterocycles. The summed E-state index contributed by atoms with van der Waals surface area (Å²) in [6.45, 7) is 0. The smallest absolute Gasteiger partial charge is 0.172 e. The molecule has 1 N–H and O–H groups in total. The molecule has 0 radical (unpaired) electrons. The number of hydrogen-bond acceptors (Lipinski definition) is 2. The first-order chi connectivity index (χ1) is 7.08. The van der Waals surface area contributed by atoms with Gasteiger partial charge in [-0.05, 0) is 31.6 Å². The summed E-state index contributed by atoms with van der Waals surface area (Å²) >= 11 is 1.16. The molecule has 1 aromatic rings. The zero-order valence-electron chi connectivity index (χ0n) is 8.39. The second-order valence-corrected chi connectivity index (χ2v) is 4.68. The standard InChI is InChI=1S/C11H12F2OS/c1-15-8-4-3-7(9(12)10(8)13)11(14)5-2-6-11/h3-4,14H,2,5-6H2,1H3. The molecule has 2 rings (SSSR count). The lowest BCUT2D eigenvalue weighted by atomic mass is 9.75. The summed E-state index contributed by atoms with van der Waals surface area (Å²) in [5.41, 5.74) is -1.04. The van der Waals surface area contributed by atoms with E-state index in [1.54, 1.807) is 6.26 Å². The highest BCUT2D eigenvalue weighted by Gasteiger charge is 2.39. The third kappa shape index (κ3) is 1.66. The van der Waals surface area contributed by atoms with Crippen molar-refractivity contribution in [3.63, 3.8) is 0 Å². The molecule has 0 amide bonds. The second-order valence-electron chi connectivity index (χ2n) is 3.83. The van der Waals surface area contributed by atoms with Gasteiger partial charge in [0.15, 0.2) is 11.6 Å². The fraction of sp³-hybridized carbons (Fsp3) is 0.455. The van der Waals surface area contributed by atoms with Crippen molar-refractivity contribution >= 4 is 11.8 Å². The number of benzene rings is 1. The second kappa shape index (κ2) is 3.76. The van der Waals surface area contributed by atoms with Crippen LogP contribution in [0.2, 0.25) is 0 Å². The van der Waals surface area contributed by atoms with Crippen molar-refractivity contribution in [2.24, 2.45) is 0 Å². The van der Waals surface area contributed by atoms with Gasteiger partial charge >= 0.3 is 0 Å². The van der Waals surface area contributed by atoms with Gasteiger partial charge in [0, 0.05) is 10.5 Å². The summed E-state index contributed by atoms with van der Waals surface area (Å²) in [6, 6.07) is 3.01. The average Bonchev–Trinajstić information content (AvgIpc) is 2.19. The van der Waals surface area contributed by atoms with Gasteiger partial charge in [-0.15, -0.1) is 11.8 Å². The molecule has 82 valence electrons. The van der Waals surface area contributed by atoms with Crippen LogP contribution in [0, 0.1) is 11.6 Å². The zero-order valence-corrected chi connectivity index (χ0v) is 9.20. The van der Waals surface area contributed by atoms with Gasteiger partial charge < -0.3 is 5.11 Å². The third-order valence-corrected chi connectivity index (χ3v) is 3.70. The number of halogens is 2. The molecular weight excluding hydrogens is 218 g/mol. The molecule has 1 aromatic carbocycles. The van der Waals surface area contributed by atoms with Gasteiger partial charge in [-0.25, -0.2) is 8.78 Å². The molecule has 4 heteroatoms. The maximum absolute atomic E-state index is 13.6. The quantitative estimate of drug-likeness (QED) is 0.788. The van der Waals surface area contributed by atoms with E-state index >= 15 is 0 Å². The highest BCUT2D eigenvalue weighted by Crippen LogP contribution is 2.43. The predicted octanol–water partition coefficient (Wildman–Crippen LogP) is 3.06. The van der Waals surface area contributed by atoms with E-state index in [1.807, 2.05) is 0 Å². The Morgan fingerprint density at radius 1 is 1.27 bits per heavy atom. The van der Waals surface area contributed by atoms with Gasteiger partial charge in [-0.1, -0.05) is 6.07 Å². The van der Waals surface area contributed by atoms with Gasteiger partial charge in [0.1, 0.15) is 0 Å². The van der Waals surface area contributed by atoms with E-state index in [1.165, 1.54) is 12.1 Å². The number of aliphatic hydroxyl groups is 1. The van der Waals surface area contributed by atoms with Crippen LogP contribution < -0.4 is 0 Å². The molecule has 0 aliphatic heterocycles. The molecule has 0 unspecified atom stereocenters. The first kappa shape index (κ1) is 10.9. The predicted molar refractivity (Wildman–Crippen MR) is 55.9 cm³/mol. The Bertz CT molecular complexity index is 388. The lowest BCUT2D eigenvalue weighted by molar-refractivity contribution is -0.0422. The Hall–Kier alpha value is -0.610. The monoisotopic (exact) mass is 230 g/mol. The first-order valence-electron chi connectivity index (χ1n) is 4.83. The highest BCUT2D eigenvalue weighted by atomic mass is 32.2. The van der Waals surface area contributed by atoms with Gasteiger partial charge in [-0.2, -0.15) is 0 Å². The molecule has 1 saturated carbocycles. The van der Waals surface area contributed by atoms with Gasteiger partial charge in [0.25, 0.3) is 0 Å². The Kier molecular flexibility index (Phi) is 2.73. The van der Waals surface area contributed by atoms with Crippen LogP contribution in [-0.4, -0.2) is 11.4 Å². The van der Waals surface area contributed by atoms with E-state index < -0.39 is 17.2 Å². The Labute approximate surface area is 91.5 Å². The fourth-order valence-electron chi connectivity index (χ4n) is 1.83. The van der Waals surface area contributed by atoms with E-state index in [0.29, 0.717) is 12.8 Å². The molecule has 0 bridgehead atoms. The van der Waals surface area contributed by atoms with Crippen LogP contribution in [0.4, 0.5) is 8.78 Å². The molecule has 1 aliphatic rings. The van der Waals surface area contributed by atoms with Gasteiger partial charge in [0.2, 0.25) is 0 Å².